The summed E-state index contributed by atoms with van der Waals surface area (Å²) in [5.74, 6) is -0.784. The summed E-state index contributed by atoms with van der Waals surface area (Å²) in [6.45, 7) is 2.14. The van der Waals surface area contributed by atoms with Crippen LogP contribution in [0.1, 0.15) is 58.3 Å². The molecule has 146 valence electrons. The lowest BCUT2D eigenvalue weighted by molar-refractivity contribution is -0.136. The Hall–Kier alpha value is -1.91. The number of carboxylic acid groups (broad SMARTS) is 1. The first-order valence-electron chi connectivity index (χ1n) is 9.45. The van der Waals surface area contributed by atoms with E-state index in [1.807, 2.05) is 42.5 Å². The molecule has 0 saturated carbocycles. The highest BCUT2D eigenvalue weighted by Gasteiger charge is 1.96. The van der Waals surface area contributed by atoms with Crippen molar-refractivity contribution in [1.82, 2.24) is 0 Å². The van der Waals surface area contributed by atoms with Crippen LogP contribution in [0.25, 0.3) is 0 Å². The third-order valence-corrected chi connectivity index (χ3v) is 3.61. The highest BCUT2D eigenvalue weighted by Crippen LogP contribution is 2.04. The van der Waals surface area contributed by atoms with Crippen molar-refractivity contribution in [2.75, 3.05) is 0 Å². The monoisotopic (exact) mass is 362 g/mol. The number of rotatable bonds is 15. The molecule has 0 aromatic heterocycles. The molecule has 2 atom stereocenters. The maximum Gasteiger partial charge on any atom is 0.303 e. The molecule has 4 nitrogen and oxygen atoms in total. The minimum atomic E-state index is -0.784. The van der Waals surface area contributed by atoms with Gasteiger partial charge in [0.1, 0.15) is 0 Å². The first-order chi connectivity index (χ1) is 12.6. The zero-order valence-corrected chi connectivity index (χ0v) is 15.8. The quantitative estimate of drug-likeness (QED) is 0.224. The van der Waals surface area contributed by atoms with Crippen LogP contribution in [0, 0.1) is 0 Å². The molecule has 0 spiro atoms. The van der Waals surface area contributed by atoms with Crippen LogP contribution in [0.4, 0.5) is 0 Å². The van der Waals surface area contributed by atoms with Crippen molar-refractivity contribution in [2.45, 2.75) is 70.5 Å². The molecule has 1 unspecified atom stereocenters. The van der Waals surface area contributed by atoms with Crippen LogP contribution in [0.2, 0.25) is 0 Å². The van der Waals surface area contributed by atoms with Crippen molar-refractivity contribution in [2.24, 2.45) is 0 Å². The Morgan fingerprint density at radius 3 is 2.19 bits per heavy atom. The van der Waals surface area contributed by atoms with E-state index in [-0.39, 0.29) is 12.5 Å². The molecule has 0 fully saturated rings. The van der Waals surface area contributed by atoms with Crippen molar-refractivity contribution in [3.05, 3.63) is 60.8 Å². The minimum Gasteiger partial charge on any atom is -0.481 e. The third-order valence-electron chi connectivity index (χ3n) is 3.61. The van der Waals surface area contributed by atoms with E-state index >= 15 is 0 Å². The van der Waals surface area contributed by atoms with E-state index in [4.69, 9.17) is 5.11 Å². The predicted molar refractivity (Wildman–Crippen MR) is 108 cm³/mol. The number of allylic oxidation sites excluding steroid dienone is 7. The molecule has 0 rings (SSSR count). The first kappa shape index (κ1) is 24.1. The summed E-state index contributed by atoms with van der Waals surface area (Å²) < 4.78 is 0. The molecule has 0 heterocycles. The average Bonchev–Trinajstić information content (AvgIpc) is 2.60. The summed E-state index contributed by atoms with van der Waals surface area (Å²) >= 11 is 0. The summed E-state index contributed by atoms with van der Waals surface area (Å²) in [7, 11) is 0. The van der Waals surface area contributed by atoms with Gasteiger partial charge in [0, 0.05) is 6.42 Å². The Morgan fingerprint density at radius 1 is 0.885 bits per heavy atom. The van der Waals surface area contributed by atoms with Crippen LogP contribution in [-0.4, -0.2) is 33.5 Å². The van der Waals surface area contributed by atoms with E-state index in [0.717, 1.165) is 32.1 Å². The predicted octanol–water partition coefficient (Wildman–Crippen LogP) is 4.71. The molecule has 0 aliphatic carbocycles. The summed E-state index contributed by atoms with van der Waals surface area (Å²) in [4.78, 5) is 10.3. The molecule has 0 radical (unpaired) electrons. The molecule has 0 saturated heterocycles. The van der Waals surface area contributed by atoms with Gasteiger partial charge in [-0.05, 0) is 25.7 Å². The van der Waals surface area contributed by atoms with Gasteiger partial charge in [0.2, 0.25) is 0 Å². The zero-order chi connectivity index (χ0) is 19.5. The topological polar surface area (TPSA) is 77.8 Å². The van der Waals surface area contributed by atoms with Gasteiger partial charge in [-0.15, -0.1) is 0 Å². The second-order valence-corrected chi connectivity index (χ2v) is 6.13. The third kappa shape index (κ3) is 18.4. The Labute approximate surface area is 157 Å². The lowest BCUT2D eigenvalue weighted by Gasteiger charge is -2.02. The largest absolute Gasteiger partial charge is 0.481 e. The van der Waals surface area contributed by atoms with Gasteiger partial charge in [-0.3, -0.25) is 4.79 Å². The summed E-state index contributed by atoms with van der Waals surface area (Å²) in [5.41, 5.74) is 0. The smallest absolute Gasteiger partial charge is 0.303 e. The van der Waals surface area contributed by atoms with Gasteiger partial charge in [0.05, 0.1) is 12.2 Å². The normalized spacial score (nSPS) is 15.2. The molecule has 0 aliphatic rings. The lowest BCUT2D eigenvalue weighted by Crippen LogP contribution is -2.00. The van der Waals surface area contributed by atoms with E-state index in [1.165, 1.54) is 0 Å². The number of unbranched alkanes of at least 4 members (excludes halogenated alkanes) is 2. The van der Waals surface area contributed by atoms with E-state index in [9.17, 15) is 15.0 Å². The average molecular weight is 363 g/mol. The molecule has 0 bridgehead atoms. The number of aliphatic carboxylic acids is 1. The van der Waals surface area contributed by atoms with E-state index in [2.05, 4.69) is 6.92 Å². The number of carbonyl (C=O) groups is 1. The van der Waals surface area contributed by atoms with Crippen molar-refractivity contribution in [3.8, 4) is 0 Å². The number of hydrogen-bond donors (Lipinski definition) is 3. The van der Waals surface area contributed by atoms with Crippen molar-refractivity contribution in [3.63, 3.8) is 0 Å². The molecule has 4 heteroatoms. The molecule has 0 aliphatic heterocycles. The molecule has 26 heavy (non-hydrogen) atoms. The van der Waals surface area contributed by atoms with Gasteiger partial charge in [-0.25, -0.2) is 0 Å². The van der Waals surface area contributed by atoms with Gasteiger partial charge in [-0.2, -0.15) is 0 Å². The number of hydrogen-bond acceptors (Lipinski definition) is 3. The highest BCUT2D eigenvalue weighted by atomic mass is 16.4. The summed E-state index contributed by atoms with van der Waals surface area (Å²) in [6.07, 6.45) is 23.6. The molecule has 0 aromatic carbocycles. The van der Waals surface area contributed by atoms with Gasteiger partial charge in [0.25, 0.3) is 0 Å². The Balaban J connectivity index is 3.82. The first-order valence-corrected chi connectivity index (χ1v) is 9.45. The van der Waals surface area contributed by atoms with Gasteiger partial charge in [0.15, 0.2) is 0 Å². The van der Waals surface area contributed by atoms with Crippen LogP contribution in [0.15, 0.2) is 60.8 Å². The lowest BCUT2D eigenvalue weighted by atomic mass is 10.1. The zero-order valence-electron chi connectivity index (χ0n) is 15.8. The number of aliphatic hydroxyl groups excluding tert-OH is 2. The number of aliphatic hydroxyl groups is 2. The van der Waals surface area contributed by atoms with Crippen molar-refractivity contribution < 1.29 is 20.1 Å². The summed E-state index contributed by atoms with van der Waals surface area (Å²) in [6, 6.07) is 0. The van der Waals surface area contributed by atoms with E-state index in [1.54, 1.807) is 18.2 Å². The van der Waals surface area contributed by atoms with Crippen LogP contribution in [0.5, 0.6) is 0 Å². The second-order valence-electron chi connectivity index (χ2n) is 6.13. The standard InChI is InChI=1S/C22H34O4/c1-2-3-10-15-20(23)17-12-8-9-13-18-21(24)16-11-6-4-5-7-14-19-22(25)26/h5-9,11-13,17-18,20-21,23-24H,2-4,10,14-16,19H2,1H3,(H,25,26)/b7-5-,9-8-,11-6-,17-12+,18-13-/t20?,21-/m0/s1. The van der Waals surface area contributed by atoms with Gasteiger partial charge in [-0.1, -0.05) is 86.9 Å². The fraction of sp³-hybridized carbons (Fsp3) is 0.500. The van der Waals surface area contributed by atoms with E-state index < -0.39 is 12.1 Å². The van der Waals surface area contributed by atoms with Crippen molar-refractivity contribution in [1.29, 1.82) is 0 Å². The summed E-state index contributed by atoms with van der Waals surface area (Å²) in [5, 5.41) is 28.0. The number of carboxylic acids is 1. The highest BCUT2D eigenvalue weighted by molar-refractivity contribution is 5.66. The SMILES string of the molecule is CCCCCC(O)/C=C/C=C\C=C/[C@@H](O)C/C=C\C/C=C\CCC(=O)O. The molecule has 0 amide bonds. The second kappa shape index (κ2) is 17.9. The molecular formula is C22H34O4. The van der Waals surface area contributed by atoms with Crippen LogP contribution in [0.3, 0.4) is 0 Å². The fourth-order valence-electron chi connectivity index (χ4n) is 2.12. The molecule has 0 aromatic rings. The van der Waals surface area contributed by atoms with Gasteiger partial charge >= 0.3 is 5.97 Å². The Morgan fingerprint density at radius 2 is 1.54 bits per heavy atom. The fourth-order valence-corrected chi connectivity index (χ4v) is 2.12. The van der Waals surface area contributed by atoms with Crippen LogP contribution >= 0.6 is 0 Å². The van der Waals surface area contributed by atoms with Gasteiger partial charge < -0.3 is 15.3 Å². The van der Waals surface area contributed by atoms with Crippen molar-refractivity contribution >= 4 is 5.97 Å². The van der Waals surface area contributed by atoms with Crippen LogP contribution < -0.4 is 0 Å². The Kier molecular flexibility index (Phi) is 16.6. The van der Waals surface area contributed by atoms with E-state index in [0.29, 0.717) is 12.8 Å². The Bertz CT molecular complexity index is 486. The van der Waals surface area contributed by atoms with Crippen LogP contribution in [-0.2, 0) is 4.79 Å². The molecular weight excluding hydrogens is 328 g/mol. The molecule has 3 N–H and O–H groups in total. The minimum absolute atomic E-state index is 0.157. The maximum atomic E-state index is 10.3. The maximum absolute atomic E-state index is 10.3.